The van der Waals surface area contributed by atoms with Gasteiger partial charge in [-0.25, -0.2) is 4.98 Å². The van der Waals surface area contributed by atoms with Gasteiger partial charge in [0.15, 0.2) is 0 Å². The van der Waals surface area contributed by atoms with Gasteiger partial charge in [0, 0.05) is 29.7 Å². The average Bonchev–Trinajstić information content (AvgIpc) is 2.87. The number of nitrogens with zero attached hydrogens (tertiary/aromatic N) is 2. The molecular formula is C15H19Cl2N3O. The van der Waals surface area contributed by atoms with E-state index in [0.29, 0.717) is 10.9 Å². The Balaban J connectivity index is 0.00000161. The van der Waals surface area contributed by atoms with Gasteiger partial charge in [0.2, 0.25) is 5.89 Å². The van der Waals surface area contributed by atoms with Crippen molar-refractivity contribution in [2.24, 2.45) is 5.73 Å². The van der Waals surface area contributed by atoms with E-state index in [2.05, 4.69) is 9.88 Å². The Morgan fingerprint density at radius 3 is 3.05 bits per heavy atom. The minimum absolute atomic E-state index is 0. The van der Waals surface area contributed by atoms with Gasteiger partial charge in [0.25, 0.3) is 0 Å². The van der Waals surface area contributed by atoms with E-state index in [4.69, 9.17) is 21.8 Å². The van der Waals surface area contributed by atoms with Crippen molar-refractivity contribution in [2.75, 3.05) is 13.1 Å². The minimum atomic E-state index is 0. The molecule has 0 spiro atoms. The quantitative estimate of drug-likeness (QED) is 0.939. The van der Waals surface area contributed by atoms with Crippen molar-refractivity contribution < 1.29 is 4.42 Å². The molecular weight excluding hydrogens is 309 g/mol. The highest BCUT2D eigenvalue weighted by Crippen LogP contribution is 2.22. The van der Waals surface area contributed by atoms with Gasteiger partial charge in [-0.05, 0) is 37.6 Å². The number of rotatable bonds is 3. The standard InChI is InChI=1S/C15H18ClN3O.ClH/c16-12-4-1-3-11(7-12)15-18-14(10-20-15)9-19-6-2-5-13(17)8-19;/h1,3-4,7,10,13H,2,5-6,8-9,17H2;1H/t13-;/m1./s1. The summed E-state index contributed by atoms with van der Waals surface area (Å²) in [5.74, 6) is 0.615. The molecule has 3 rings (SSSR count). The number of piperidine rings is 1. The van der Waals surface area contributed by atoms with Gasteiger partial charge < -0.3 is 10.2 Å². The second-order valence-corrected chi connectivity index (χ2v) is 5.73. The van der Waals surface area contributed by atoms with Crippen LogP contribution in [-0.4, -0.2) is 29.0 Å². The van der Waals surface area contributed by atoms with E-state index in [1.54, 1.807) is 6.26 Å². The van der Waals surface area contributed by atoms with Crippen molar-refractivity contribution in [3.8, 4) is 11.5 Å². The molecule has 1 atom stereocenters. The molecule has 6 heteroatoms. The van der Waals surface area contributed by atoms with E-state index in [-0.39, 0.29) is 18.4 Å². The summed E-state index contributed by atoms with van der Waals surface area (Å²) in [5, 5.41) is 0.684. The molecule has 0 saturated carbocycles. The lowest BCUT2D eigenvalue weighted by atomic mass is 10.1. The number of hydrogen-bond acceptors (Lipinski definition) is 4. The maximum absolute atomic E-state index is 5.99. The molecule has 0 bridgehead atoms. The highest BCUT2D eigenvalue weighted by atomic mass is 35.5. The number of aromatic nitrogens is 1. The predicted molar refractivity (Wildman–Crippen MR) is 86.7 cm³/mol. The summed E-state index contributed by atoms with van der Waals surface area (Å²) in [5.41, 5.74) is 7.83. The topological polar surface area (TPSA) is 55.3 Å². The summed E-state index contributed by atoms with van der Waals surface area (Å²) in [7, 11) is 0. The lowest BCUT2D eigenvalue weighted by molar-refractivity contribution is 0.199. The molecule has 1 aliphatic heterocycles. The second kappa shape index (κ2) is 7.27. The third-order valence-electron chi connectivity index (χ3n) is 3.55. The Hall–Kier alpha value is -1.07. The van der Waals surface area contributed by atoms with Crippen LogP contribution in [0.5, 0.6) is 0 Å². The molecule has 2 aromatic rings. The molecule has 0 radical (unpaired) electrons. The minimum Gasteiger partial charge on any atom is -0.444 e. The second-order valence-electron chi connectivity index (χ2n) is 5.29. The number of halogens is 2. The molecule has 1 fully saturated rings. The van der Waals surface area contributed by atoms with Gasteiger partial charge in [-0.2, -0.15) is 0 Å². The molecule has 0 unspecified atom stereocenters. The zero-order valence-corrected chi connectivity index (χ0v) is 13.2. The first-order chi connectivity index (χ1) is 9.70. The number of hydrogen-bond donors (Lipinski definition) is 1. The molecule has 21 heavy (non-hydrogen) atoms. The lowest BCUT2D eigenvalue weighted by Gasteiger charge is -2.29. The van der Waals surface area contributed by atoms with Crippen LogP contribution < -0.4 is 5.73 Å². The first-order valence-corrected chi connectivity index (χ1v) is 7.27. The van der Waals surface area contributed by atoms with Gasteiger partial charge in [0.05, 0.1) is 5.69 Å². The molecule has 1 aromatic heterocycles. The predicted octanol–water partition coefficient (Wildman–Crippen LogP) is 3.34. The zero-order valence-electron chi connectivity index (χ0n) is 11.7. The molecule has 1 aromatic carbocycles. The smallest absolute Gasteiger partial charge is 0.226 e. The van der Waals surface area contributed by atoms with Crippen molar-refractivity contribution in [1.29, 1.82) is 0 Å². The first kappa shape index (κ1) is 16.3. The summed E-state index contributed by atoms with van der Waals surface area (Å²) < 4.78 is 5.55. The molecule has 114 valence electrons. The summed E-state index contributed by atoms with van der Waals surface area (Å²) in [6, 6.07) is 7.81. The molecule has 2 heterocycles. The van der Waals surface area contributed by atoms with Crippen LogP contribution in [0.1, 0.15) is 18.5 Å². The highest BCUT2D eigenvalue weighted by Gasteiger charge is 2.18. The van der Waals surface area contributed by atoms with Gasteiger partial charge in [-0.15, -0.1) is 12.4 Å². The first-order valence-electron chi connectivity index (χ1n) is 6.89. The van der Waals surface area contributed by atoms with Crippen LogP contribution in [0.15, 0.2) is 34.9 Å². The fraction of sp³-hybridized carbons (Fsp3) is 0.400. The van der Waals surface area contributed by atoms with Crippen molar-refractivity contribution in [2.45, 2.75) is 25.4 Å². The van der Waals surface area contributed by atoms with Crippen LogP contribution in [0.4, 0.5) is 0 Å². The van der Waals surface area contributed by atoms with E-state index < -0.39 is 0 Å². The molecule has 4 nitrogen and oxygen atoms in total. The SMILES string of the molecule is Cl.N[C@@H]1CCCN(Cc2coc(-c3cccc(Cl)c3)n2)C1. The molecule has 0 aliphatic carbocycles. The summed E-state index contributed by atoms with van der Waals surface area (Å²) >= 11 is 5.98. The van der Waals surface area contributed by atoms with Gasteiger partial charge in [-0.1, -0.05) is 17.7 Å². The largest absolute Gasteiger partial charge is 0.444 e. The molecule has 1 saturated heterocycles. The number of likely N-dealkylation sites (tertiary alicyclic amines) is 1. The van der Waals surface area contributed by atoms with Crippen LogP contribution in [0.2, 0.25) is 5.02 Å². The van der Waals surface area contributed by atoms with Crippen LogP contribution in [0, 0.1) is 0 Å². The van der Waals surface area contributed by atoms with E-state index in [9.17, 15) is 0 Å². The van der Waals surface area contributed by atoms with Crippen LogP contribution in [-0.2, 0) is 6.54 Å². The van der Waals surface area contributed by atoms with Crippen molar-refractivity contribution in [1.82, 2.24) is 9.88 Å². The third kappa shape index (κ3) is 4.20. The van der Waals surface area contributed by atoms with Crippen LogP contribution >= 0.6 is 24.0 Å². The van der Waals surface area contributed by atoms with Crippen molar-refractivity contribution in [3.05, 3.63) is 41.2 Å². The molecule has 2 N–H and O–H groups in total. The summed E-state index contributed by atoms with van der Waals surface area (Å²) in [6.07, 6.45) is 3.99. The Kier molecular flexibility index (Phi) is 5.65. The van der Waals surface area contributed by atoms with Gasteiger partial charge in [0.1, 0.15) is 6.26 Å². The maximum atomic E-state index is 5.99. The van der Waals surface area contributed by atoms with E-state index in [0.717, 1.165) is 43.7 Å². The normalized spacial score (nSPS) is 19.2. The fourth-order valence-corrected chi connectivity index (χ4v) is 2.79. The van der Waals surface area contributed by atoms with Crippen LogP contribution in [0.25, 0.3) is 11.5 Å². The summed E-state index contributed by atoms with van der Waals surface area (Å²) in [6.45, 7) is 2.80. The van der Waals surface area contributed by atoms with Crippen LogP contribution in [0.3, 0.4) is 0 Å². The monoisotopic (exact) mass is 327 g/mol. The Morgan fingerprint density at radius 2 is 2.29 bits per heavy atom. The number of oxazole rings is 1. The zero-order chi connectivity index (χ0) is 13.9. The average molecular weight is 328 g/mol. The number of nitrogens with two attached hydrogens (primary N) is 1. The molecule has 1 aliphatic rings. The summed E-state index contributed by atoms with van der Waals surface area (Å²) in [4.78, 5) is 6.86. The van der Waals surface area contributed by atoms with E-state index >= 15 is 0 Å². The van der Waals surface area contributed by atoms with Gasteiger partial charge >= 0.3 is 0 Å². The number of benzene rings is 1. The Labute approximate surface area is 135 Å². The van der Waals surface area contributed by atoms with E-state index in [1.807, 2.05) is 24.3 Å². The van der Waals surface area contributed by atoms with Crippen molar-refractivity contribution >= 4 is 24.0 Å². The third-order valence-corrected chi connectivity index (χ3v) is 3.79. The lowest BCUT2D eigenvalue weighted by Crippen LogP contribution is -2.42. The van der Waals surface area contributed by atoms with Gasteiger partial charge in [-0.3, -0.25) is 4.90 Å². The maximum Gasteiger partial charge on any atom is 0.226 e. The highest BCUT2D eigenvalue weighted by molar-refractivity contribution is 6.30. The molecule has 0 amide bonds. The Bertz CT molecular complexity index is 588. The van der Waals surface area contributed by atoms with Crippen molar-refractivity contribution in [3.63, 3.8) is 0 Å². The fourth-order valence-electron chi connectivity index (χ4n) is 2.60. The van der Waals surface area contributed by atoms with E-state index in [1.165, 1.54) is 0 Å². The Morgan fingerprint density at radius 1 is 1.43 bits per heavy atom.